The summed E-state index contributed by atoms with van der Waals surface area (Å²) in [6.07, 6.45) is 1.60. The van der Waals surface area contributed by atoms with Gasteiger partial charge in [-0.1, -0.05) is 12.1 Å². The number of nitrogens with zero attached hydrogens (tertiary/aromatic N) is 2. The van der Waals surface area contributed by atoms with Crippen molar-refractivity contribution in [3.8, 4) is 11.5 Å². The Hall–Kier alpha value is -3.22. The zero-order valence-electron chi connectivity index (χ0n) is 18.9. The predicted molar refractivity (Wildman–Crippen MR) is 144 cm³/mol. The minimum absolute atomic E-state index is 0.0226. The molecule has 1 fully saturated rings. The second-order valence-corrected chi connectivity index (χ2v) is 10.4. The first-order valence-corrected chi connectivity index (χ1v) is 13.1. The Morgan fingerprint density at radius 2 is 1.73 bits per heavy atom. The first-order valence-electron chi connectivity index (χ1n) is 10.7. The molecule has 0 unspecified atom stereocenters. The zero-order chi connectivity index (χ0) is 26.5. The van der Waals surface area contributed by atoms with Crippen molar-refractivity contribution in [3.05, 3.63) is 102 Å². The minimum Gasteiger partial charge on any atom is -0.492 e. The summed E-state index contributed by atoms with van der Waals surface area (Å²) in [5, 5.41) is 10.6. The number of hydrogen-bond acceptors (Lipinski definition) is 7. The third-order valence-electron chi connectivity index (χ3n) is 5.09. The van der Waals surface area contributed by atoms with Gasteiger partial charge in [0.15, 0.2) is 0 Å². The maximum atomic E-state index is 13.0. The molecule has 0 atom stereocenters. The molecule has 8 nitrogen and oxygen atoms in total. The Bertz CT molecular complexity index is 1380. The van der Waals surface area contributed by atoms with Crippen LogP contribution in [0.4, 0.5) is 14.9 Å². The number of halogens is 3. The molecular formula is C25H17Br2FN2O6S. The van der Waals surface area contributed by atoms with E-state index in [-0.39, 0.29) is 36.2 Å². The SMILES string of the molecule is O=C1S/C(=C\c2cc(Br)c(OCc3cccc([N+](=O)[O-])c3)c(Br)c2)C(=O)N1CCOc1ccc(F)cc1. The number of rotatable bonds is 9. The van der Waals surface area contributed by atoms with E-state index in [0.29, 0.717) is 31.6 Å². The monoisotopic (exact) mass is 650 g/mol. The lowest BCUT2D eigenvalue weighted by atomic mass is 10.2. The van der Waals surface area contributed by atoms with E-state index in [4.69, 9.17) is 9.47 Å². The van der Waals surface area contributed by atoms with E-state index >= 15 is 0 Å². The molecule has 0 aliphatic carbocycles. The van der Waals surface area contributed by atoms with Crippen LogP contribution in [0.5, 0.6) is 11.5 Å². The third kappa shape index (κ3) is 6.76. The summed E-state index contributed by atoms with van der Waals surface area (Å²) < 4.78 is 25.5. The van der Waals surface area contributed by atoms with Gasteiger partial charge in [-0.05, 0) is 97.2 Å². The van der Waals surface area contributed by atoms with Crippen molar-refractivity contribution in [1.29, 1.82) is 0 Å². The van der Waals surface area contributed by atoms with Crippen molar-refractivity contribution in [1.82, 2.24) is 4.90 Å². The van der Waals surface area contributed by atoms with Crippen LogP contribution in [-0.2, 0) is 11.4 Å². The molecule has 1 saturated heterocycles. The molecule has 4 rings (SSSR count). The number of carbonyl (C=O) groups excluding carboxylic acids is 2. The number of ether oxygens (including phenoxy) is 2. The molecule has 2 amide bonds. The van der Waals surface area contributed by atoms with Crippen LogP contribution in [0.1, 0.15) is 11.1 Å². The number of nitro benzene ring substituents is 1. The van der Waals surface area contributed by atoms with Crippen LogP contribution in [0.25, 0.3) is 6.08 Å². The highest BCUT2D eigenvalue weighted by atomic mass is 79.9. The second kappa shape index (κ2) is 11.9. The molecule has 0 bridgehead atoms. The van der Waals surface area contributed by atoms with E-state index in [2.05, 4.69) is 31.9 Å². The van der Waals surface area contributed by atoms with Crippen molar-refractivity contribution >= 4 is 66.5 Å². The highest BCUT2D eigenvalue weighted by Gasteiger charge is 2.34. The van der Waals surface area contributed by atoms with Crippen molar-refractivity contribution in [3.63, 3.8) is 0 Å². The number of amides is 2. The highest BCUT2D eigenvalue weighted by Crippen LogP contribution is 2.38. The Kier molecular flexibility index (Phi) is 8.62. The largest absolute Gasteiger partial charge is 0.492 e. The summed E-state index contributed by atoms with van der Waals surface area (Å²) in [6, 6.07) is 15.1. The Morgan fingerprint density at radius 3 is 2.41 bits per heavy atom. The fourth-order valence-corrected chi connectivity index (χ4v) is 5.66. The van der Waals surface area contributed by atoms with Crippen molar-refractivity contribution in [2.75, 3.05) is 13.2 Å². The van der Waals surface area contributed by atoms with Gasteiger partial charge in [0.2, 0.25) is 0 Å². The van der Waals surface area contributed by atoms with Gasteiger partial charge in [0.1, 0.15) is 30.5 Å². The Labute approximate surface area is 231 Å². The lowest BCUT2D eigenvalue weighted by molar-refractivity contribution is -0.384. The van der Waals surface area contributed by atoms with Crippen LogP contribution in [0.15, 0.2) is 74.5 Å². The molecule has 190 valence electrons. The average Bonchev–Trinajstić information content (AvgIpc) is 3.12. The topological polar surface area (TPSA) is 99.0 Å². The number of non-ortho nitro benzene ring substituents is 1. The van der Waals surface area contributed by atoms with Crippen molar-refractivity contribution in [2.24, 2.45) is 0 Å². The molecule has 0 radical (unpaired) electrons. The number of imide groups is 1. The van der Waals surface area contributed by atoms with E-state index in [1.807, 2.05) is 0 Å². The van der Waals surface area contributed by atoms with Crippen LogP contribution < -0.4 is 9.47 Å². The Balaban J connectivity index is 1.40. The number of carbonyl (C=O) groups is 2. The van der Waals surface area contributed by atoms with Crippen LogP contribution in [-0.4, -0.2) is 34.1 Å². The molecule has 0 saturated carbocycles. The smallest absolute Gasteiger partial charge is 0.293 e. The summed E-state index contributed by atoms with van der Waals surface area (Å²) in [4.78, 5) is 37.0. The van der Waals surface area contributed by atoms with Gasteiger partial charge in [0.25, 0.3) is 16.8 Å². The quantitative estimate of drug-likeness (QED) is 0.140. The van der Waals surface area contributed by atoms with E-state index in [1.165, 1.54) is 36.4 Å². The maximum Gasteiger partial charge on any atom is 0.293 e. The molecule has 37 heavy (non-hydrogen) atoms. The van der Waals surface area contributed by atoms with Gasteiger partial charge in [-0.25, -0.2) is 4.39 Å². The first-order chi connectivity index (χ1) is 17.7. The molecule has 0 aromatic heterocycles. The molecule has 0 spiro atoms. The third-order valence-corrected chi connectivity index (χ3v) is 7.18. The van der Waals surface area contributed by atoms with Crippen LogP contribution in [0.3, 0.4) is 0 Å². The van der Waals surface area contributed by atoms with Gasteiger partial charge in [-0.2, -0.15) is 0 Å². The lowest BCUT2D eigenvalue weighted by Crippen LogP contribution is -2.32. The number of thioether (sulfide) groups is 1. The van der Waals surface area contributed by atoms with Crippen molar-refractivity contribution in [2.45, 2.75) is 6.61 Å². The molecule has 3 aromatic rings. The van der Waals surface area contributed by atoms with Gasteiger partial charge in [0, 0.05) is 12.1 Å². The molecule has 3 aromatic carbocycles. The lowest BCUT2D eigenvalue weighted by Gasteiger charge is -2.13. The summed E-state index contributed by atoms with van der Waals surface area (Å²) in [5.41, 5.74) is 1.26. The molecular weight excluding hydrogens is 635 g/mol. The minimum atomic E-state index is -0.468. The van der Waals surface area contributed by atoms with E-state index in [1.54, 1.807) is 30.3 Å². The molecule has 1 aliphatic rings. The van der Waals surface area contributed by atoms with E-state index in [9.17, 15) is 24.1 Å². The van der Waals surface area contributed by atoms with Gasteiger partial charge in [-0.3, -0.25) is 24.6 Å². The molecule has 12 heteroatoms. The highest BCUT2D eigenvalue weighted by molar-refractivity contribution is 9.11. The fourth-order valence-electron chi connectivity index (χ4n) is 3.35. The average molecular weight is 652 g/mol. The van der Waals surface area contributed by atoms with Crippen LogP contribution >= 0.6 is 43.6 Å². The summed E-state index contributed by atoms with van der Waals surface area (Å²) >= 11 is 7.74. The van der Waals surface area contributed by atoms with Gasteiger partial charge < -0.3 is 9.47 Å². The van der Waals surface area contributed by atoms with Crippen molar-refractivity contribution < 1.29 is 28.4 Å². The van der Waals surface area contributed by atoms with Crippen LogP contribution in [0.2, 0.25) is 0 Å². The normalized spacial score (nSPS) is 14.4. The summed E-state index contributed by atoms with van der Waals surface area (Å²) in [6.45, 7) is 0.235. The standard InChI is InChI=1S/C25H17Br2FN2O6S/c26-20-11-16(12-21(27)23(20)36-14-15-2-1-3-18(10-15)30(33)34)13-22-24(31)29(25(32)37-22)8-9-35-19-6-4-17(28)5-7-19/h1-7,10-13H,8-9,14H2/b22-13-. The molecule has 0 N–H and O–H groups in total. The zero-order valence-corrected chi connectivity index (χ0v) is 22.8. The molecule has 1 heterocycles. The van der Waals surface area contributed by atoms with Gasteiger partial charge in [0.05, 0.1) is 25.3 Å². The molecule has 1 aliphatic heterocycles. The number of hydrogen-bond donors (Lipinski definition) is 0. The van der Waals surface area contributed by atoms with Crippen LogP contribution in [0, 0.1) is 15.9 Å². The fraction of sp³-hybridized carbons (Fsp3) is 0.120. The number of benzene rings is 3. The number of nitro groups is 1. The second-order valence-electron chi connectivity index (χ2n) is 7.67. The van der Waals surface area contributed by atoms with E-state index in [0.717, 1.165) is 16.7 Å². The van der Waals surface area contributed by atoms with E-state index < -0.39 is 16.1 Å². The summed E-state index contributed by atoms with van der Waals surface area (Å²) in [7, 11) is 0. The first kappa shape index (κ1) is 26.8. The van der Waals surface area contributed by atoms with Gasteiger partial charge in [-0.15, -0.1) is 0 Å². The maximum absolute atomic E-state index is 13.0. The Morgan fingerprint density at radius 1 is 1.03 bits per heavy atom. The summed E-state index contributed by atoms with van der Waals surface area (Å²) in [5.74, 6) is 0.0980. The van der Waals surface area contributed by atoms with Gasteiger partial charge >= 0.3 is 0 Å². The predicted octanol–water partition coefficient (Wildman–Crippen LogP) is 6.95.